The zero-order valence-corrected chi connectivity index (χ0v) is 19.4. The fourth-order valence-electron chi connectivity index (χ4n) is 3.55. The molecule has 0 spiro atoms. The Bertz CT molecular complexity index is 961. The van der Waals surface area contributed by atoms with Crippen molar-refractivity contribution in [2.75, 3.05) is 24.5 Å². The molecular weight excluding hydrogens is 468 g/mol. The van der Waals surface area contributed by atoms with Crippen LogP contribution in [0.3, 0.4) is 0 Å². The lowest BCUT2D eigenvalue weighted by Crippen LogP contribution is -2.41. The summed E-state index contributed by atoms with van der Waals surface area (Å²) in [6.45, 7) is 4.51. The second-order valence-corrected chi connectivity index (χ2v) is 10.7. The first kappa shape index (κ1) is 20.5. The molecule has 5 nitrogen and oxygen atoms in total. The maximum Gasteiger partial charge on any atom is 0.223 e. The summed E-state index contributed by atoms with van der Waals surface area (Å²) in [5.41, 5.74) is 2.20. The highest BCUT2D eigenvalue weighted by molar-refractivity contribution is 9.11. The van der Waals surface area contributed by atoms with E-state index in [1.807, 2.05) is 24.3 Å². The van der Waals surface area contributed by atoms with E-state index in [0.717, 1.165) is 52.5 Å². The molecule has 1 N–H and O–H groups in total. The van der Waals surface area contributed by atoms with Crippen molar-refractivity contribution >= 4 is 50.3 Å². The Hall–Kier alpha value is -1.77. The van der Waals surface area contributed by atoms with Gasteiger partial charge in [-0.2, -0.15) is 0 Å². The quantitative estimate of drug-likeness (QED) is 0.532. The summed E-state index contributed by atoms with van der Waals surface area (Å²) in [5, 5.41) is 14.0. The normalized spacial score (nSPS) is 14.9. The van der Waals surface area contributed by atoms with Crippen LogP contribution in [0.25, 0.3) is 10.6 Å². The van der Waals surface area contributed by atoms with Crippen molar-refractivity contribution < 1.29 is 4.79 Å². The van der Waals surface area contributed by atoms with Crippen LogP contribution in [0, 0.1) is 12.8 Å². The van der Waals surface area contributed by atoms with Crippen molar-refractivity contribution in [3.8, 4) is 10.6 Å². The van der Waals surface area contributed by atoms with E-state index in [1.54, 1.807) is 22.7 Å². The van der Waals surface area contributed by atoms with Gasteiger partial charge in [-0.1, -0.05) is 0 Å². The van der Waals surface area contributed by atoms with Crippen LogP contribution < -0.4 is 10.2 Å². The molecule has 0 aliphatic carbocycles. The Morgan fingerprint density at radius 2 is 2.03 bits per heavy atom. The number of anilines is 1. The summed E-state index contributed by atoms with van der Waals surface area (Å²) >= 11 is 6.89. The van der Waals surface area contributed by atoms with Gasteiger partial charge in [-0.15, -0.1) is 32.9 Å². The second kappa shape index (κ2) is 9.36. The molecule has 152 valence electrons. The number of aromatic nitrogens is 2. The first-order valence-corrected chi connectivity index (χ1v) is 12.2. The third-order valence-electron chi connectivity index (χ3n) is 5.29. The maximum absolute atomic E-state index is 12.5. The summed E-state index contributed by atoms with van der Waals surface area (Å²) < 4.78 is 1.09. The molecule has 1 saturated heterocycles. The number of hydrogen-bond acceptors (Lipinski definition) is 6. The lowest BCUT2D eigenvalue weighted by Gasteiger charge is -2.31. The molecule has 1 aliphatic heterocycles. The number of aryl methyl sites for hydroxylation is 1. The lowest BCUT2D eigenvalue weighted by molar-refractivity contribution is -0.125. The number of carbonyl (C=O) groups excluding carboxylic acids is 1. The van der Waals surface area contributed by atoms with Crippen LogP contribution in [-0.2, 0) is 11.2 Å². The zero-order chi connectivity index (χ0) is 20.2. The van der Waals surface area contributed by atoms with Gasteiger partial charge in [0.2, 0.25) is 5.91 Å². The molecule has 1 amide bonds. The van der Waals surface area contributed by atoms with Crippen molar-refractivity contribution in [3.63, 3.8) is 0 Å². The Labute approximate surface area is 187 Å². The van der Waals surface area contributed by atoms with Gasteiger partial charge in [0.1, 0.15) is 5.69 Å². The van der Waals surface area contributed by atoms with E-state index in [2.05, 4.69) is 54.7 Å². The molecule has 0 bridgehead atoms. The molecule has 8 heteroatoms. The zero-order valence-electron chi connectivity index (χ0n) is 16.2. The topological polar surface area (TPSA) is 58.1 Å². The number of amides is 1. The molecule has 0 atom stereocenters. The fourth-order valence-corrected chi connectivity index (χ4v) is 5.81. The van der Waals surface area contributed by atoms with Crippen LogP contribution in [-0.4, -0.2) is 35.7 Å². The van der Waals surface area contributed by atoms with E-state index in [4.69, 9.17) is 0 Å². The molecule has 4 rings (SSSR count). The van der Waals surface area contributed by atoms with Crippen LogP contribution in [0.5, 0.6) is 0 Å². The maximum atomic E-state index is 12.5. The summed E-state index contributed by atoms with van der Waals surface area (Å²) in [7, 11) is 0. The summed E-state index contributed by atoms with van der Waals surface area (Å²) in [5.74, 6) is 1.16. The van der Waals surface area contributed by atoms with Crippen molar-refractivity contribution in [3.05, 3.63) is 49.9 Å². The molecule has 0 radical (unpaired) electrons. The molecule has 0 saturated carbocycles. The van der Waals surface area contributed by atoms with Crippen molar-refractivity contribution in [2.24, 2.45) is 5.92 Å². The number of piperidine rings is 1. The molecule has 3 aromatic heterocycles. The average molecular weight is 491 g/mol. The van der Waals surface area contributed by atoms with Gasteiger partial charge in [-0.25, -0.2) is 0 Å². The largest absolute Gasteiger partial charge is 0.355 e. The van der Waals surface area contributed by atoms with Gasteiger partial charge in [-0.3, -0.25) is 4.79 Å². The van der Waals surface area contributed by atoms with Crippen LogP contribution in [0.1, 0.15) is 23.3 Å². The Morgan fingerprint density at radius 3 is 2.66 bits per heavy atom. The third kappa shape index (κ3) is 5.05. The second-order valence-electron chi connectivity index (χ2n) is 7.21. The highest BCUT2D eigenvalue weighted by Crippen LogP contribution is 2.30. The van der Waals surface area contributed by atoms with E-state index in [-0.39, 0.29) is 11.8 Å². The van der Waals surface area contributed by atoms with E-state index >= 15 is 0 Å². The molecule has 4 heterocycles. The van der Waals surface area contributed by atoms with Gasteiger partial charge >= 0.3 is 0 Å². The highest BCUT2D eigenvalue weighted by atomic mass is 79.9. The van der Waals surface area contributed by atoms with E-state index in [0.29, 0.717) is 6.54 Å². The first-order valence-electron chi connectivity index (χ1n) is 9.75. The van der Waals surface area contributed by atoms with Crippen LogP contribution >= 0.6 is 38.6 Å². The number of nitrogens with zero attached hydrogens (tertiary/aromatic N) is 3. The summed E-state index contributed by atoms with van der Waals surface area (Å²) in [6, 6.07) is 10.2. The molecule has 0 unspecified atom stereocenters. The van der Waals surface area contributed by atoms with Gasteiger partial charge in [0.25, 0.3) is 0 Å². The minimum atomic E-state index is 0.0892. The van der Waals surface area contributed by atoms with Gasteiger partial charge < -0.3 is 10.2 Å². The first-order chi connectivity index (χ1) is 14.1. The summed E-state index contributed by atoms with van der Waals surface area (Å²) in [4.78, 5) is 17.2. The summed E-state index contributed by atoms with van der Waals surface area (Å²) in [6.07, 6.45) is 2.62. The number of hydrogen-bond donors (Lipinski definition) is 1. The van der Waals surface area contributed by atoms with Gasteiger partial charge in [0.15, 0.2) is 5.82 Å². The van der Waals surface area contributed by atoms with Gasteiger partial charge in [0, 0.05) is 30.4 Å². The monoisotopic (exact) mass is 490 g/mol. The van der Waals surface area contributed by atoms with Crippen molar-refractivity contribution in [1.29, 1.82) is 0 Å². The molecule has 1 aliphatic rings. The van der Waals surface area contributed by atoms with E-state index in [1.165, 1.54) is 10.4 Å². The standard InChI is InChI=1S/C21H23BrN4OS2/c1-14-9-13-28-17(14)6-10-23-21(27)15-7-11-26(12-8-15)20-5-2-16(24-25-20)18-3-4-19(22)29-18/h2-5,9,13,15H,6-8,10-12H2,1H3,(H,23,27). The van der Waals surface area contributed by atoms with Crippen molar-refractivity contribution in [1.82, 2.24) is 15.5 Å². The minimum absolute atomic E-state index is 0.0892. The number of carbonyl (C=O) groups is 1. The number of halogens is 1. The molecule has 0 aromatic carbocycles. The molecule has 29 heavy (non-hydrogen) atoms. The molecular formula is C21H23BrN4OS2. The molecule has 3 aromatic rings. The van der Waals surface area contributed by atoms with Gasteiger partial charge in [-0.05, 0) is 83.4 Å². The van der Waals surface area contributed by atoms with E-state index < -0.39 is 0 Å². The number of thiophene rings is 2. The number of rotatable bonds is 6. The van der Waals surface area contributed by atoms with E-state index in [9.17, 15) is 4.79 Å². The Balaban J connectivity index is 1.25. The number of nitrogens with one attached hydrogen (secondary N) is 1. The Kier molecular flexibility index (Phi) is 6.62. The average Bonchev–Trinajstić information content (AvgIpc) is 3.36. The minimum Gasteiger partial charge on any atom is -0.355 e. The third-order valence-corrected chi connectivity index (χ3v) is 8.01. The predicted octanol–water partition coefficient (Wildman–Crippen LogP) is 4.91. The van der Waals surface area contributed by atoms with Crippen LogP contribution in [0.2, 0.25) is 0 Å². The van der Waals surface area contributed by atoms with Crippen molar-refractivity contribution in [2.45, 2.75) is 26.2 Å². The SMILES string of the molecule is Cc1ccsc1CCNC(=O)C1CCN(c2ccc(-c3ccc(Br)s3)nn2)CC1. The molecule has 1 fully saturated rings. The Morgan fingerprint density at radius 1 is 1.21 bits per heavy atom. The van der Waals surface area contributed by atoms with Gasteiger partial charge in [0.05, 0.1) is 8.66 Å². The van der Waals surface area contributed by atoms with Crippen LogP contribution in [0.4, 0.5) is 5.82 Å². The fraction of sp³-hybridized carbons (Fsp3) is 0.381. The smallest absolute Gasteiger partial charge is 0.223 e. The predicted molar refractivity (Wildman–Crippen MR) is 124 cm³/mol. The highest BCUT2D eigenvalue weighted by Gasteiger charge is 2.25. The van der Waals surface area contributed by atoms with Crippen LogP contribution in [0.15, 0.2) is 39.5 Å². The lowest BCUT2D eigenvalue weighted by atomic mass is 9.96.